The quantitative estimate of drug-likeness (QED) is 0.757. The average molecular weight is 377 g/mol. The molecule has 2 amide bonds. The molecule has 2 bridgehead atoms. The zero-order valence-corrected chi connectivity index (χ0v) is 16.3. The van der Waals surface area contributed by atoms with Crippen molar-refractivity contribution >= 4 is 23.4 Å². The van der Waals surface area contributed by atoms with E-state index < -0.39 is 0 Å². The van der Waals surface area contributed by atoms with E-state index in [2.05, 4.69) is 6.08 Å². The van der Waals surface area contributed by atoms with Gasteiger partial charge in [-0.05, 0) is 44.9 Å². The minimum atomic E-state index is -0.131. The number of hydrogen-bond donors (Lipinski definition) is 0. The van der Waals surface area contributed by atoms with Crippen LogP contribution in [0.5, 0.6) is 5.75 Å². The van der Waals surface area contributed by atoms with Crippen molar-refractivity contribution < 1.29 is 14.3 Å². The van der Waals surface area contributed by atoms with Crippen molar-refractivity contribution in [2.24, 2.45) is 5.92 Å². The number of carbonyl (C=O) groups is 2. The monoisotopic (exact) mass is 376 g/mol. The van der Waals surface area contributed by atoms with E-state index in [-0.39, 0.29) is 23.8 Å². The molecule has 140 valence electrons. The van der Waals surface area contributed by atoms with Crippen molar-refractivity contribution in [3.63, 3.8) is 0 Å². The lowest BCUT2D eigenvalue weighted by atomic mass is 9.94. The Bertz CT molecular complexity index is 743. The molecule has 0 spiro atoms. The van der Waals surface area contributed by atoms with Crippen LogP contribution in [0.3, 0.4) is 0 Å². The van der Waals surface area contributed by atoms with Crippen molar-refractivity contribution in [2.75, 3.05) is 26.7 Å². The van der Waals surface area contributed by atoms with Gasteiger partial charge in [-0.15, -0.1) is 0 Å². The summed E-state index contributed by atoms with van der Waals surface area (Å²) in [5.74, 6) is 0.405. The van der Waals surface area contributed by atoms with Crippen molar-refractivity contribution in [3.8, 4) is 5.75 Å². The first kappa shape index (κ1) is 18.8. The highest BCUT2D eigenvalue weighted by Crippen LogP contribution is 2.31. The molecule has 2 atom stereocenters. The van der Waals surface area contributed by atoms with E-state index in [1.54, 1.807) is 23.1 Å². The number of allylic oxidation sites excluding steroid dienone is 1. The van der Waals surface area contributed by atoms with Gasteiger partial charge in [-0.25, -0.2) is 0 Å². The second-order valence-electron chi connectivity index (χ2n) is 7.25. The average Bonchev–Trinajstić information content (AvgIpc) is 2.90. The largest absolute Gasteiger partial charge is 0.496 e. The first-order valence-corrected chi connectivity index (χ1v) is 9.35. The number of rotatable bonds is 4. The van der Waals surface area contributed by atoms with Gasteiger partial charge in [0, 0.05) is 30.7 Å². The van der Waals surface area contributed by atoms with Gasteiger partial charge in [0.05, 0.1) is 18.6 Å². The Morgan fingerprint density at radius 1 is 1.31 bits per heavy atom. The standard InChI is InChI=1S/C20H25ClN2O3/c1-13(2)8-9-23-16-6-4-14(19(23)24)11-22(12-16)20(25)17-10-15(21)5-7-18(17)26-3/h5,7-8,10,14,16H,4,6,9,11-12H2,1-3H3/t14-,16+/m0/s1. The zero-order valence-electron chi connectivity index (χ0n) is 15.5. The van der Waals surface area contributed by atoms with Crippen molar-refractivity contribution in [2.45, 2.75) is 32.7 Å². The molecule has 5 nitrogen and oxygen atoms in total. The molecule has 0 aromatic heterocycles. The van der Waals surface area contributed by atoms with Crippen LogP contribution in [0.25, 0.3) is 0 Å². The maximum absolute atomic E-state index is 13.1. The third-order valence-corrected chi connectivity index (χ3v) is 5.40. The van der Waals surface area contributed by atoms with Crippen LogP contribution in [0.15, 0.2) is 29.8 Å². The fourth-order valence-corrected chi connectivity index (χ4v) is 3.92. The number of piperidine rings is 1. The highest BCUT2D eigenvalue weighted by atomic mass is 35.5. The van der Waals surface area contributed by atoms with Crippen LogP contribution in [0.1, 0.15) is 37.0 Å². The first-order chi connectivity index (χ1) is 12.4. The van der Waals surface area contributed by atoms with E-state index in [0.717, 1.165) is 12.8 Å². The number of methoxy groups -OCH3 is 1. The number of halogens is 1. The maximum atomic E-state index is 13.1. The van der Waals surface area contributed by atoms with Gasteiger partial charge in [0.15, 0.2) is 0 Å². The predicted molar refractivity (Wildman–Crippen MR) is 102 cm³/mol. The molecule has 26 heavy (non-hydrogen) atoms. The number of benzene rings is 1. The lowest BCUT2D eigenvalue weighted by molar-refractivity contribution is -0.139. The van der Waals surface area contributed by atoms with E-state index in [4.69, 9.17) is 16.3 Å². The molecule has 4 rings (SSSR count). The highest BCUT2D eigenvalue weighted by Gasteiger charge is 2.41. The molecule has 0 unspecified atom stereocenters. The molecule has 3 aliphatic rings. The molecule has 1 aromatic carbocycles. The second-order valence-corrected chi connectivity index (χ2v) is 7.69. The number of fused-ring (bicyclic) bond motifs is 4. The Hall–Kier alpha value is -2.01. The lowest BCUT2D eigenvalue weighted by Crippen LogP contribution is -2.48. The summed E-state index contributed by atoms with van der Waals surface area (Å²) in [5.41, 5.74) is 1.64. The third-order valence-electron chi connectivity index (χ3n) is 5.17. The molecule has 3 heterocycles. The smallest absolute Gasteiger partial charge is 0.257 e. The number of ether oxygens (including phenoxy) is 1. The predicted octanol–water partition coefficient (Wildman–Crippen LogP) is 3.38. The van der Waals surface area contributed by atoms with Crippen LogP contribution < -0.4 is 4.74 Å². The summed E-state index contributed by atoms with van der Waals surface area (Å²) < 4.78 is 5.33. The normalized spacial score (nSPS) is 22.2. The molecule has 0 saturated carbocycles. The molecule has 0 aliphatic carbocycles. The first-order valence-electron chi connectivity index (χ1n) is 8.97. The number of nitrogens with zero attached hydrogens (tertiary/aromatic N) is 2. The van der Waals surface area contributed by atoms with Gasteiger partial charge in [-0.3, -0.25) is 9.59 Å². The number of amides is 2. The SMILES string of the molecule is COc1ccc(Cl)cc1C(=O)N1C[C@@H]2CC[C@H](C1)N(CC=C(C)C)C2=O. The van der Waals surface area contributed by atoms with Crippen LogP contribution in [0.2, 0.25) is 5.02 Å². The van der Waals surface area contributed by atoms with Crippen molar-refractivity contribution in [1.29, 1.82) is 0 Å². The lowest BCUT2D eigenvalue weighted by Gasteiger charge is -2.35. The Kier molecular flexibility index (Phi) is 5.56. The molecule has 3 saturated heterocycles. The molecule has 3 aliphatic heterocycles. The third kappa shape index (κ3) is 3.73. The minimum Gasteiger partial charge on any atom is -0.496 e. The van der Waals surface area contributed by atoms with E-state index >= 15 is 0 Å². The Morgan fingerprint density at radius 3 is 2.77 bits per heavy atom. The van der Waals surface area contributed by atoms with Crippen LogP contribution in [0, 0.1) is 5.92 Å². The topological polar surface area (TPSA) is 49.9 Å². The highest BCUT2D eigenvalue weighted by molar-refractivity contribution is 6.31. The molecule has 0 N–H and O–H groups in total. The van der Waals surface area contributed by atoms with Crippen LogP contribution in [-0.2, 0) is 4.79 Å². The van der Waals surface area contributed by atoms with Gasteiger partial charge < -0.3 is 14.5 Å². The van der Waals surface area contributed by atoms with Gasteiger partial charge in [0.1, 0.15) is 5.75 Å². The number of hydrogen-bond acceptors (Lipinski definition) is 3. The van der Waals surface area contributed by atoms with Crippen LogP contribution in [0.4, 0.5) is 0 Å². The van der Waals surface area contributed by atoms with E-state index in [9.17, 15) is 9.59 Å². The van der Waals surface area contributed by atoms with E-state index in [1.807, 2.05) is 18.7 Å². The van der Waals surface area contributed by atoms with Crippen molar-refractivity contribution in [3.05, 3.63) is 40.4 Å². The Morgan fingerprint density at radius 2 is 2.08 bits per heavy atom. The molecular weight excluding hydrogens is 352 g/mol. The molecule has 0 radical (unpaired) electrons. The van der Waals surface area contributed by atoms with Crippen LogP contribution in [-0.4, -0.2) is 54.4 Å². The molecule has 6 heteroatoms. The number of carbonyl (C=O) groups excluding carboxylic acids is 2. The molecule has 3 fully saturated rings. The second kappa shape index (κ2) is 7.70. The summed E-state index contributed by atoms with van der Waals surface area (Å²) in [5, 5.41) is 0.494. The Labute approximate surface area is 159 Å². The summed E-state index contributed by atoms with van der Waals surface area (Å²) >= 11 is 6.08. The minimum absolute atomic E-state index is 0.0611. The van der Waals surface area contributed by atoms with Gasteiger partial charge >= 0.3 is 0 Å². The molecule has 1 aromatic rings. The maximum Gasteiger partial charge on any atom is 0.257 e. The van der Waals surface area contributed by atoms with E-state index in [0.29, 0.717) is 36.0 Å². The summed E-state index contributed by atoms with van der Waals surface area (Å²) in [4.78, 5) is 29.7. The van der Waals surface area contributed by atoms with Gasteiger partial charge in [0.25, 0.3) is 5.91 Å². The fourth-order valence-electron chi connectivity index (χ4n) is 3.74. The van der Waals surface area contributed by atoms with Crippen LogP contribution >= 0.6 is 11.6 Å². The Balaban J connectivity index is 1.85. The molecular formula is C20H25ClN2O3. The zero-order chi connectivity index (χ0) is 18.8. The summed E-state index contributed by atoms with van der Waals surface area (Å²) in [7, 11) is 1.54. The van der Waals surface area contributed by atoms with Crippen molar-refractivity contribution in [1.82, 2.24) is 9.80 Å². The summed E-state index contributed by atoms with van der Waals surface area (Å²) in [6.45, 7) is 5.68. The fraction of sp³-hybridized carbons (Fsp3) is 0.500. The van der Waals surface area contributed by atoms with Gasteiger partial charge in [-0.2, -0.15) is 0 Å². The summed E-state index contributed by atoms with van der Waals surface area (Å²) in [6, 6.07) is 5.10. The van der Waals surface area contributed by atoms with E-state index in [1.165, 1.54) is 12.7 Å². The van der Waals surface area contributed by atoms with Gasteiger partial charge in [-0.1, -0.05) is 23.3 Å². The summed E-state index contributed by atoms with van der Waals surface area (Å²) in [6.07, 6.45) is 3.85. The van der Waals surface area contributed by atoms with Gasteiger partial charge in [0.2, 0.25) is 5.91 Å².